The Hall–Kier alpha value is -1.61. The standard InChI is InChI=1S/C15H19N3/c1-12-9-17-7-8-18(11-12)15-4-2-3-13-10-16-6-5-14(13)15/h2-6,10,12,17H,7-9,11H2,1H3. The van der Waals surface area contributed by atoms with E-state index in [0.29, 0.717) is 5.92 Å². The number of anilines is 1. The van der Waals surface area contributed by atoms with Crippen LogP contribution in [0.5, 0.6) is 0 Å². The van der Waals surface area contributed by atoms with E-state index in [2.05, 4.69) is 46.4 Å². The first-order valence-electron chi connectivity index (χ1n) is 6.63. The Bertz CT molecular complexity index is 533. The van der Waals surface area contributed by atoms with Crippen molar-refractivity contribution in [1.29, 1.82) is 0 Å². The molecule has 3 nitrogen and oxygen atoms in total. The molecule has 1 atom stereocenters. The third kappa shape index (κ3) is 2.18. The number of hydrogen-bond acceptors (Lipinski definition) is 3. The average Bonchev–Trinajstić information content (AvgIpc) is 2.63. The molecule has 3 heteroatoms. The molecule has 2 aromatic rings. The van der Waals surface area contributed by atoms with Crippen molar-refractivity contribution in [1.82, 2.24) is 10.3 Å². The fourth-order valence-corrected chi connectivity index (χ4v) is 2.69. The highest BCUT2D eigenvalue weighted by molar-refractivity contribution is 5.93. The van der Waals surface area contributed by atoms with Crippen molar-refractivity contribution in [2.75, 3.05) is 31.1 Å². The summed E-state index contributed by atoms with van der Waals surface area (Å²) in [5.41, 5.74) is 1.34. The molecule has 18 heavy (non-hydrogen) atoms. The van der Waals surface area contributed by atoms with E-state index in [0.717, 1.165) is 26.2 Å². The third-order valence-corrected chi connectivity index (χ3v) is 3.58. The van der Waals surface area contributed by atoms with Crippen LogP contribution < -0.4 is 10.2 Å². The highest BCUT2D eigenvalue weighted by Gasteiger charge is 2.16. The second kappa shape index (κ2) is 4.94. The quantitative estimate of drug-likeness (QED) is 0.830. The lowest BCUT2D eigenvalue weighted by Gasteiger charge is -2.25. The van der Waals surface area contributed by atoms with Gasteiger partial charge in [-0.25, -0.2) is 0 Å². The topological polar surface area (TPSA) is 28.2 Å². The Morgan fingerprint density at radius 3 is 3.22 bits per heavy atom. The minimum atomic E-state index is 0.685. The number of nitrogens with zero attached hydrogens (tertiary/aromatic N) is 2. The van der Waals surface area contributed by atoms with Gasteiger partial charge in [0.1, 0.15) is 0 Å². The molecule has 2 heterocycles. The maximum absolute atomic E-state index is 4.20. The van der Waals surface area contributed by atoms with Crippen molar-refractivity contribution in [3.05, 3.63) is 36.7 Å². The molecule has 94 valence electrons. The molecule has 0 aliphatic carbocycles. The van der Waals surface area contributed by atoms with E-state index >= 15 is 0 Å². The first-order valence-corrected chi connectivity index (χ1v) is 6.63. The summed E-state index contributed by atoms with van der Waals surface area (Å²) in [6, 6.07) is 8.60. The summed E-state index contributed by atoms with van der Waals surface area (Å²) >= 11 is 0. The van der Waals surface area contributed by atoms with Gasteiger partial charge in [0.15, 0.2) is 0 Å². The zero-order valence-corrected chi connectivity index (χ0v) is 10.8. The van der Waals surface area contributed by atoms with Gasteiger partial charge in [0.2, 0.25) is 0 Å². The fraction of sp³-hybridized carbons (Fsp3) is 0.400. The van der Waals surface area contributed by atoms with E-state index in [9.17, 15) is 0 Å². The van der Waals surface area contributed by atoms with E-state index in [1.165, 1.54) is 16.5 Å². The highest BCUT2D eigenvalue weighted by atomic mass is 15.2. The lowest BCUT2D eigenvalue weighted by Crippen LogP contribution is -2.29. The van der Waals surface area contributed by atoms with Crippen molar-refractivity contribution in [2.45, 2.75) is 6.92 Å². The van der Waals surface area contributed by atoms with Gasteiger partial charge in [-0.3, -0.25) is 4.98 Å². The van der Waals surface area contributed by atoms with Gasteiger partial charge in [0, 0.05) is 48.5 Å². The molecule has 1 aliphatic heterocycles. The maximum atomic E-state index is 4.20. The Morgan fingerprint density at radius 1 is 1.33 bits per heavy atom. The van der Waals surface area contributed by atoms with Gasteiger partial charge in [0.25, 0.3) is 0 Å². The molecule has 1 unspecified atom stereocenters. The number of aromatic nitrogens is 1. The van der Waals surface area contributed by atoms with Crippen LogP contribution in [0.3, 0.4) is 0 Å². The molecule has 1 aromatic carbocycles. The second-order valence-corrected chi connectivity index (χ2v) is 5.13. The fourth-order valence-electron chi connectivity index (χ4n) is 2.69. The Labute approximate surface area is 108 Å². The Balaban J connectivity index is 2.02. The van der Waals surface area contributed by atoms with Gasteiger partial charge in [-0.1, -0.05) is 19.1 Å². The number of hydrogen-bond donors (Lipinski definition) is 1. The van der Waals surface area contributed by atoms with Crippen LogP contribution in [-0.4, -0.2) is 31.2 Å². The monoisotopic (exact) mass is 241 g/mol. The van der Waals surface area contributed by atoms with Crippen LogP contribution >= 0.6 is 0 Å². The Kier molecular flexibility index (Phi) is 3.15. The summed E-state index contributed by atoms with van der Waals surface area (Å²) in [7, 11) is 0. The van der Waals surface area contributed by atoms with Crippen LogP contribution in [0.4, 0.5) is 5.69 Å². The summed E-state index contributed by atoms with van der Waals surface area (Å²) in [6.07, 6.45) is 3.82. The summed E-state index contributed by atoms with van der Waals surface area (Å²) in [5, 5.41) is 6.02. The van der Waals surface area contributed by atoms with Crippen LogP contribution in [0.2, 0.25) is 0 Å². The predicted molar refractivity (Wildman–Crippen MR) is 76.0 cm³/mol. The second-order valence-electron chi connectivity index (χ2n) is 5.13. The first-order chi connectivity index (χ1) is 8.84. The lowest BCUT2D eigenvalue weighted by molar-refractivity contribution is 0.564. The Morgan fingerprint density at radius 2 is 2.28 bits per heavy atom. The van der Waals surface area contributed by atoms with E-state index in [1.807, 2.05) is 12.4 Å². The summed E-state index contributed by atoms with van der Waals surface area (Å²) < 4.78 is 0. The number of nitrogens with one attached hydrogen (secondary N) is 1. The first kappa shape index (κ1) is 11.5. The van der Waals surface area contributed by atoms with Gasteiger partial charge < -0.3 is 10.2 Å². The van der Waals surface area contributed by atoms with Crippen LogP contribution in [0.25, 0.3) is 10.8 Å². The van der Waals surface area contributed by atoms with Crippen LogP contribution in [0.15, 0.2) is 36.7 Å². The molecule has 3 rings (SSSR count). The van der Waals surface area contributed by atoms with Crippen molar-refractivity contribution in [2.24, 2.45) is 5.92 Å². The highest BCUT2D eigenvalue weighted by Crippen LogP contribution is 2.26. The number of benzene rings is 1. The summed E-state index contributed by atoms with van der Waals surface area (Å²) in [4.78, 5) is 6.69. The van der Waals surface area contributed by atoms with Crippen molar-refractivity contribution >= 4 is 16.5 Å². The molecule has 1 fully saturated rings. The molecule has 1 aromatic heterocycles. The van der Waals surface area contributed by atoms with Gasteiger partial charge in [0.05, 0.1) is 0 Å². The minimum Gasteiger partial charge on any atom is -0.369 e. The van der Waals surface area contributed by atoms with Crippen LogP contribution in [0, 0.1) is 5.92 Å². The van der Waals surface area contributed by atoms with E-state index in [1.54, 1.807) is 0 Å². The predicted octanol–water partition coefficient (Wildman–Crippen LogP) is 2.28. The minimum absolute atomic E-state index is 0.685. The van der Waals surface area contributed by atoms with E-state index < -0.39 is 0 Å². The number of fused-ring (bicyclic) bond motifs is 1. The van der Waals surface area contributed by atoms with Crippen molar-refractivity contribution < 1.29 is 0 Å². The third-order valence-electron chi connectivity index (χ3n) is 3.58. The van der Waals surface area contributed by atoms with Crippen molar-refractivity contribution in [3.63, 3.8) is 0 Å². The van der Waals surface area contributed by atoms with E-state index in [4.69, 9.17) is 0 Å². The van der Waals surface area contributed by atoms with Crippen LogP contribution in [-0.2, 0) is 0 Å². The number of pyridine rings is 1. The molecule has 1 aliphatic rings. The zero-order valence-electron chi connectivity index (χ0n) is 10.8. The largest absolute Gasteiger partial charge is 0.369 e. The molecule has 0 spiro atoms. The lowest BCUT2D eigenvalue weighted by atomic mass is 10.1. The molecule has 1 N–H and O–H groups in total. The SMILES string of the molecule is CC1CNCCN(c2cccc3cnccc23)C1. The van der Waals surface area contributed by atoms with Gasteiger partial charge >= 0.3 is 0 Å². The molecule has 0 radical (unpaired) electrons. The summed E-state index contributed by atoms with van der Waals surface area (Å²) in [5.74, 6) is 0.685. The van der Waals surface area contributed by atoms with E-state index in [-0.39, 0.29) is 0 Å². The van der Waals surface area contributed by atoms with Crippen molar-refractivity contribution in [3.8, 4) is 0 Å². The molecular weight excluding hydrogens is 222 g/mol. The molecule has 1 saturated heterocycles. The molecule has 0 amide bonds. The maximum Gasteiger partial charge on any atom is 0.0447 e. The van der Waals surface area contributed by atoms with Gasteiger partial charge in [-0.15, -0.1) is 0 Å². The molecule has 0 saturated carbocycles. The summed E-state index contributed by atoms with van der Waals surface area (Å²) in [6.45, 7) is 6.67. The van der Waals surface area contributed by atoms with Gasteiger partial charge in [-0.05, 0) is 24.6 Å². The normalized spacial score (nSPS) is 20.9. The van der Waals surface area contributed by atoms with Gasteiger partial charge in [-0.2, -0.15) is 0 Å². The number of rotatable bonds is 1. The molecular formula is C15H19N3. The average molecular weight is 241 g/mol. The smallest absolute Gasteiger partial charge is 0.0447 e. The molecule has 0 bridgehead atoms. The van der Waals surface area contributed by atoms with Crippen LogP contribution in [0.1, 0.15) is 6.92 Å². The zero-order chi connectivity index (χ0) is 12.4.